The van der Waals surface area contributed by atoms with E-state index in [1.54, 1.807) is 33.0 Å². The van der Waals surface area contributed by atoms with Gasteiger partial charge in [-0.05, 0) is 38.5 Å². The molecule has 1 amide bonds. The number of ether oxygens (including phenoxy) is 1. The molecule has 0 aliphatic rings. The molecule has 2 aromatic rings. The quantitative estimate of drug-likeness (QED) is 0.827. The van der Waals surface area contributed by atoms with Crippen LogP contribution in [0.1, 0.15) is 26.3 Å². The topological polar surface area (TPSA) is 88.5 Å². The summed E-state index contributed by atoms with van der Waals surface area (Å²) in [6.45, 7) is 5.15. The fourth-order valence-electron chi connectivity index (χ4n) is 2.23. The van der Waals surface area contributed by atoms with Gasteiger partial charge in [0.25, 0.3) is 0 Å². The highest BCUT2D eigenvalue weighted by molar-refractivity contribution is 9.10. The Morgan fingerprint density at radius 2 is 2.04 bits per heavy atom. The normalized spacial score (nSPS) is 12.7. The summed E-state index contributed by atoms with van der Waals surface area (Å²) in [5.74, 6) is -1.13. The molecule has 2 N–H and O–H groups in total. The van der Waals surface area contributed by atoms with Crippen molar-refractivity contribution in [3.8, 4) is 0 Å². The Balaban J connectivity index is 2.24. The third-order valence-electron chi connectivity index (χ3n) is 3.21. The second-order valence-electron chi connectivity index (χ2n) is 6.35. The van der Waals surface area contributed by atoms with Crippen LogP contribution < -0.4 is 5.32 Å². The SMILES string of the molecule is CC(C)(C)OC(=O)N[C@H](Cc1ccc(Br)c2cccnc12)C(=O)O. The number of nitrogens with zero attached hydrogens (tertiary/aromatic N) is 1. The lowest BCUT2D eigenvalue weighted by Gasteiger charge is -2.22. The van der Waals surface area contributed by atoms with Crippen LogP contribution in [0.4, 0.5) is 4.79 Å². The molecule has 2 rings (SSSR count). The summed E-state index contributed by atoms with van der Waals surface area (Å²) in [6.07, 6.45) is 0.995. The van der Waals surface area contributed by atoms with E-state index in [9.17, 15) is 14.7 Å². The lowest BCUT2D eigenvalue weighted by atomic mass is 10.0. The van der Waals surface area contributed by atoms with Crippen LogP contribution in [0.2, 0.25) is 0 Å². The molecule has 0 aliphatic heterocycles. The predicted octanol–water partition coefficient (Wildman–Crippen LogP) is 3.52. The summed E-state index contributed by atoms with van der Waals surface area (Å²) in [6, 6.07) is 6.24. The van der Waals surface area contributed by atoms with Crippen LogP contribution in [0, 0.1) is 0 Å². The van der Waals surface area contributed by atoms with Crippen molar-refractivity contribution in [1.29, 1.82) is 0 Å². The van der Waals surface area contributed by atoms with Crippen molar-refractivity contribution < 1.29 is 19.4 Å². The van der Waals surface area contributed by atoms with Crippen molar-refractivity contribution in [2.75, 3.05) is 0 Å². The number of rotatable bonds is 4. The number of halogens is 1. The molecule has 1 heterocycles. The Morgan fingerprint density at radius 1 is 1.33 bits per heavy atom. The minimum absolute atomic E-state index is 0.107. The van der Waals surface area contributed by atoms with Crippen molar-refractivity contribution in [3.05, 3.63) is 40.5 Å². The predicted molar refractivity (Wildman–Crippen MR) is 93.9 cm³/mol. The van der Waals surface area contributed by atoms with Crippen LogP contribution >= 0.6 is 15.9 Å². The van der Waals surface area contributed by atoms with E-state index in [1.165, 1.54) is 0 Å². The van der Waals surface area contributed by atoms with Crippen LogP contribution in [0.3, 0.4) is 0 Å². The van der Waals surface area contributed by atoms with E-state index in [4.69, 9.17) is 4.74 Å². The first-order valence-corrected chi connectivity index (χ1v) is 8.21. The van der Waals surface area contributed by atoms with Crippen molar-refractivity contribution in [3.63, 3.8) is 0 Å². The second-order valence-corrected chi connectivity index (χ2v) is 7.20. The molecule has 0 fully saturated rings. The van der Waals surface area contributed by atoms with Gasteiger partial charge in [-0.2, -0.15) is 0 Å². The number of aromatic nitrogens is 1. The third-order valence-corrected chi connectivity index (χ3v) is 3.90. The fourth-order valence-corrected chi connectivity index (χ4v) is 2.68. The van der Waals surface area contributed by atoms with Crippen molar-refractivity contribution in [2.24, 2.45) is 0 Å². The van der Waals surface area contributed by atoms with Crippen LogP contribution in [0.25, 0.3) is 10.9 Å². The van der Waals surface area contributed by atoms with E-state index in [1.807, 2.05) is 18.2 Å². The molecule has 0 radical (unpaired) electrons. The molecule has 24 heavy (non-hydrogen) atoms. The van der Waals surface area contributed by atoms with Crippen LogP contribution in [-0.4, -0.2) is 33.8 Å². The Bertz CT molecular complexity index is 771. The number of alkyl carbamates (subject to hydrolysis) is 1. The number of fused-ring (bicyclic) bond motifs is 1. The van der Waals surface area contributed by atoms with Crippen molar-refractivity contribution >= 4 is 38.9 Å². The number of nitrogens with one attached hydrogen (secondary N) is 1. The summed E-state index contributed by atoms with van der Waals surface area (Å²) in [5, 5.41) is 12.7. The Labute approximate surface area is 148 Å². The molecule has 0 unspecified atom stereocenters. The number of amides is 1. The average molecular weight is 395 g/mol. The van der Waals surface area contributed by atoms with E-state index in [2.05, 4.69) is 26.2 Å². The zero-order valence-electron chi connectivity index (χ0n) is 13.7. The largest absolute Gasteiger partial charge is 0.480 e. The molecule has 128 valence electrons. The van der Waals surface area contributed by atoms with Gasteiger partial charge >= 0.3 is 12.1 Å². The van der Waals surface area contributed by atoms with Crippen LogP contribution in [-0.2, 0) is 16.0 Å². The average Bonchev–Trinajstić information content (AvgIpc) is 2.47. The van der Waals surface area contributed by atoms with Gasteiger partial charge in [-0.25, -0.2) is 9.59 Å². The van der Waals surface area contributed by atoms with E-state index in [0.717, 1.165) is 15.4 Å². The number of carbonyl (C=O) groups is 2. The smallest absolute Gasteiger partial charge is 0.408 e. The minimum atomic E-state index is -1.13. The Kier molecular flexibility index (Phi) is 5.43. The molecule has 1 atom stereocenters. The molecule has 0 saturated carbocycles. The first-order chi connectivity index (χ1) is 11.2. The number of aliphatic carboxylic acids is 1. The number of carbonyl (C=O) groups excluding carboxylic acids is 1. The summed E-state index contributed by atoms with van der Waals surface area (Å²) in [7, 11) is 0. The summed E-state index contributed by atoms with van der Waals surface area (Å²) in [5.41, 5.74) is 0.736. The zero-order valence-corrected chi connectivity index (χ0v) is 15.3. The maximum absolute atomic E-state index is 11.9. The molecule has 1 aromatic heterocycles. The minimum Gasteiger partial charge on any atom is -0.480 e. The summed E-state index contributed by atoms with van der Waals surface area (Å²) in [4.78, 5) is 27.7. The maximum Gasteiger partial charge on any atom is 0.408 e. The summed E-state index contributed by atoms with van der Waals surface area (Å²) >= 11 is 3.45. The molecule has 0 saturated heterocycles. The Morgan fingerprint density at radius 3 is 2.67 bits per heavy atom. The highest BCUT2D eigenvalue weighted by atomic mass is 79.9. The number of benzene rings is 1. The third kappa shape index (κ3) is 4.67. The van der Waals surface area contributed by atoms with Gasteiger partial charge in [0, 0.05) is 22.5 Å². The fraction of sp³-hybridized carbons (Fsp3) is 0.353. The zero-order chi connectivity index (χ0) is 17.9. The van der Waals surface area contributed by atoms with Crippen molar-refractivity contribution in [1.82, 2.24) is 10.3 Å². The van der Waals surface area contributed by atoms with Gasteiger partial charge < -0.3 is 15.2 Å². The van der Waals surface area contributed by atoms with Crippen molar-refractivity contribution in [2.45, 2.75) is 38.8 Å². The molecule has 0 spiro atoms. The number of pyridine rings is 1. The number of carboxylic acid groups (broad SMARTS) is 1. The molecule has 0 aliphatic carbocycles. The number of carboxylic acids is 1. The lowest BCUT2D eigenvalue weighted by molar-refractivity contribution is -0.139. The molecular formula is C17H19BrN2O4. The van der Waals surface area contributed by atoms with Gasteiger partial charge in [-0.3, -0.25) is 4.98 Å². The van der Waals surface area contributed by atoms with E-state index >= 15 is 0 Å². The first-order valence-electron chi connectivity index (χ1n) is 7.42. The van der Waals surface area contributed by atoms with Gasteiger partial charge in [0.05, 0.1) is 5.52 Å². The van der Waals surface area contributed by atoms with Gasteiger partial charge in [0.1, 0.15) is 11.6 Å². The van der Waals surface area contributed by atoms with Crippen LogP contribution in [0.5, 0.6) is 0 Å². The molecular weight excluding hydrogens is 376 g/mol. The maximum atomic E-state index is 11.9. The van der Waals surface area contributed by atoms with Gasteiger partial charge in [-0.1, -0.05) is 28.1 Å². The molecule has 7 heteroatoms. The van der Waals surface area contributed by atoms with Gasteiger partial charge in [-0.15, -0.1) is 0 Å². The molecule has 1 aromatic carbocycles. The van der Waals surface area contributed by atoms with Gasteiger partial charge in [0.2, 0.25) is 0 Å². The first kappa shape index (κ1) is 18.2. The van der Waals surface area contributed by atoms with Gasteiger partial charge in [0.15, 0.2) is 0 Å². The van der Waals surface area contributed by atoms with Crippen LogP contribution in [0.15, 0.2) is 34.9 Å². The highest BCUT2D eigenvalue weighted by Crippen LogP contribution is 2.26. The van der Waals surface area contributed by atoms with E-state index in [-0.39, 0.29) is 6.42 Å². The monoisotopic (exact) mass is 394 g/mol. The Hall–Kier alpha value is -2.15. The summed E-state index contributed by atoms with van der Waals surface area (Å²) < 4.78 is 6.00. The molecule has 6 nitrogen and oxygen atoms in total. The lowest BCUT2D eigenvalue weighted by Crippen LogP contribution is -2.44. The number of hydrogen-bond acceptors (Lipinski definition) is 4. The standard InChI is InChI=1S/C17H19BrN2O4/c1-17(2,3)24-16(23)20-13(15(21)22)9-10-6-7-12(18)11-5-4-8-19-14(10)11/h4-8,13H,9H2,1-3H3,(H,20,23)(H,21,22)/t13-/m1/s1. The highest BCUT2D eigenvalue weighted by Gasteiger charge is 2.25. The van der Waals surface area contributed by atoms with E-state index in [0.29, 0.717) is 5.52 Å². The molecule has 0 bridgehead atoms. The van der Waals surface area contributed by atoms with E-state index < -0.39 is 23.7 Å². The number of hydrogen-bond donors (Lipinski definition) is 2. The second kappa shape index (κ2) is 7.17.